The molecular formula is C16H9Cl2IN2. The normalized spacial score (nSPS) is 10.6. The zero-order chi connectivity index (χ0) is 14.8. The van der Waals surface area contributed by atoms with Crippen LogP contribution in [0.1, 0.15) is 0 Å². The van der Waals surface area contributed by atoms with Crippen LogP contribution in [0.5, 0.6) is 0 Å². The van der Waals surface area contributed by atoms with Crippen LogP contribution in [0.15, 0.2) is 54.6 Å². The average Bonchev–Trinajstić information content (AvgIpc) is 2.53. The van der Waals surface area contributed by atoms with Crippen LogP contribution in [0.4, 0.5) is 0 Å². The number of halogens is 3. The second kappa shape index (κ2) is 6.30. The fourth-order valence-electron chi connectivity index (χ4n) is 1.97. The van der Waals surface area contributed by atoms with E-state index >= 15 is 0 Å². The molecule has 3 rings (SSSR count). The van der Waals surface area contributed by atoms with Crippen molar-refractivity contribution in [1.82, 2.24) is 9.97 Å². The van der Waals surface area contributed by atoms with Crippen molar-refractivity contribution in [1.29, 1.82) is 0 Å². The van der Waals surface area contributed by atoms with Crippen molar-refractivity contribution in [2.24, 2.45) is 0 Å². The van der Waals surface area contributed by atoms with Crippen molar-refractivity contribution in [2.45, 2.75) is 0 Å². The fourth-order valence-corrected chi connectivity index (χ4v) is 2.59. The molecule has 0 amide bonds. The molecule has 1 aromatic heterocycles. The van der Waals surface area contributed by atoms with Crippen LogP contribution in [0.2, 0.25) is 10.3 Å². The second-order valence-electron chi connectivity index (χ2n) is 4.39. The molecule has 104 valence electrons. The standard InChI is InChI=1S/C16H9Cl2IN2/c17-14-13(19)15(18)21-16(20-14)12-8-6-11(7-9-12)10-4-2-1-3-5-10/h1-9H. The molecule has 0 N–H and O–H groups in total. The number of hydrogen-bond acceptors (Lipinski definition) is 2. The SMILES string of the molecule is Clc1nc(-c2ccc(-c3ccccc3)cc2)nc(Cl)c1I. The summed E-state index contributed by atoms with van der Waals surface area (Å²) in [5.74, 6) is 0.532. The summed E-state index contributed by atoms with van der Waals surface area (Å²) in [6, 6.07) is 18.2. The Kier molecular flexibility index (Phi) is 4.42. The molecule has 0 aliphatic heterocycles. The van der Waals surface area contributed by atoms with Crippen molar-refractivity contribution >= 4 is 45.8 Å². The lowest BCUT2D eigenvalue weighted by Crippen LogP contribution is -1.93. The van der Waals surface area contributed by atoms with Gasteiger partial charge in [-0.3, -0.25) is 0 Å². The zero-order valence-electron chi connectivity index (χ0n) is 10.7. The smallest absolute Gasteiger partial charge is 0.162 e. The molecular weight excluding hydrogens is 418 g/mol. The van der Waals surface area contributed by atoms with E-state index in [9.17, 15) is 0 Å². The van der Waals surface area contributed by atoms with E-state index in [4.69, 9.17) is 23.2 Å². The minimum Gasteiger partial charge on any atom is -0.215 e. The third-order valence-corrected chi connectivity index (χ3v) is 5.23. The van der Waals surface area contributed by atoms with Crippen LogP contribution >= 0.6 is 45.8 Å². The van der Waals surface area contributed by atoms with E-state index in [1.807, 2.05) is 65.1 Å². The first-order valence-corrected chi connectivity index (χ1v) is 8.03. The minimum absolute atomic E-state index is 0.373. The van der Waals surface area contributed by atoms with Gasteiger partial charge < -0.3 is 0 Å². The maximum absolute atomic E-state index is 6.05. The van der Waals surface area contributed by atoms with Crippen molar-refractivity contribution in [2.75, 3.05) is 0 Å². The van der Waals surface area contributed by atoms with Crippen molar-refractivity contribution < 1.29 is 0 Å². The Balaban J connectivity index is 1.98. The Morgan fingerprint density at radius 1 is 0.667 bits per heavy atom. The van der Waals surface area contributed by atoms with Crippen LogP contribution in [0.25, 0.3) is 22.5 Å². The molecule has 0 aliphatic rings. The summed E-state index contributed by atoms with van der Waals surface area (Å²) >= 11 is 14.1. The monoisotopic (exact) mass is 426 g/mol. The molecule has 0 unspecified atom stereocenters. The quantitative estimate of drug-likeness (QED) is 0.386. The molecule has 0 radical (unpaired) electrons. The van der Waals surface area contributed by atoms with Gasteiger partial charge in [0.2, 0.25) is 0 Å². The average molecular weight is 427 g/mol. The van der Waals surface area contributed by atoms with Gasteiger partial charge in [-0.25, -0.2) is 9.97 Å². The van der Waals surface area contributed by atoms with Crippen LogP contribution in [0.3, 0.4) is 0 Å². The maximum atomic E-state index is 6.05. The highest BCUT2D eigenvalue weighted by molar-refractivity contribution is 14.1. The summed E-state index contributed by atoms with van der Waals surface area (Å²) in [4.78, 5) is 8.54. The Morgan fingerprint density at radius 2 is 1.14 bits per heavy atom. The third-order valence-electron chi connectivity index (χ3n) is 3.02. The van der Waals surface area contributed by atoms with Gasteiger partial charge in [0.1, 0.15) is 10.3 Å². The summed E-state index contributed by atoms with van der Waals surface area (Å²) in [5.41, 5.74) is 3.19. The van der Waals surface area contributed by atoms with Crippen LogP contribution in [-0.2, 0) is 0 Å². The zero-order valence-corrected chi connectivity index (χ0v) is 14.4. The van der Waals surface area contributed by atoms with Crippen molar-refractivity contribution in [3.8, 4) is 22.5 Å². The van der Waals surface area contributed by atoms with E-state index in [-0.39, 0.29) is 0 Å². The summed E-state index contributed by atoms with van der Waals surface area (Å²) in [6.07, 6.45) is 0. The molecule has 0 saturated carbocycles. The predicted octanol–water partition coefficient (Wildman–Crippen LogP) is 5.72. The van der Waals surface area contributed by atoms with E-state index < -0.39 is 0 Å². The molecule has 1 heterocycles. The lowest BCUT2D eigenvalue weighted by Gasteiger charge is -2.06. The van der Waals surface area contributed by atoms with E-state index in [0.29, 0.717) is 19.7 Å². The van der Waals surface area contributed by atoms with E-state index in [1.54, 1.807) is 0 Å². The highest BCUT2D eigenvalue weighted by atomic mass is 127. The van der Waals surface area contributed by atoms with Crippen molar-refractivity contribution in [3.05, 3.63) is 68.5 Å². The molecule has 3 aromatic rings. The molecule has 0 atom stereocenters. The predicted molar refractivity (Wildman–Crippen MR) is 95.6 cm³/mol. The number of benzene rings is 2. The first-order chi connectivity index (χ1) is 10.1. The van der Waals surface area contributed by atoms with Crippen LogP contribution in [0, 0.1) is 3.57 Å². The third kappa shape index (κ3) is 3.20. The molecule has 0 spiro atoms. The molecule has 0 bridgehead atoms. The largest absolute Gasteiger partial charge is 0.215 e. The second-order valence-corrected chi connectivity index (χ2v) is 6.18. The summed E-state index contributed by atoms with van der Waals surface area (Å²) in [6.45, 7) is 0. The first-order valence-electron chi connectivity index (χ1n) is 6.19. The first kappa shape index (κ1) is 14.8. The van der Waals surface area contributed by atoms with Gasteiger partial charge >= 0.3 is 0 Å². The highest BCUT2D eigenvalue weighted by Gasteiger charge is 2.10. The van der Waals surface area contributed by atoms with E-state index in [0.717, 1.165) is 11.1 Å². The van der Waals surface area contributed by atoms with E-state index in [1.165, 1.54) is 5.56 Å². The maximum Gasteiger partial charge on any atom is 0.162 e. The van der Waals surface area contributed by atoms with Gasteiger partial charge in [0.05, 0.1) is 3.57 Å². The number of aromatic nitrogens is 2. The van der Waals surface area contributed by atoms with Crippen LogP contribution in [-0.4, -0.2) is 9.97 Å². The Morgan fingerprint density at radius 3 is 1.71 bits per heavy atom. The molecule has 0 saturated heterocycles. The number of rotatable bonds is 2. The van der Waals surface area contributed by atoms with Gasteiger partial charge in [0, 0.05) is 5.56 Å². The van der Waals surface area contributed by atoms with Gasteiger partial charge in [0.25, 0.3) is 0 Å². The van der Waals surface area contributed by atoms with Crippen molar-refractivity contribution in [3.63, 3.8) is 0 Å². The number of nitrogens with zero attached hydrogens (tertiary/aromatic N) is 2. The summed E-state index contributed by atoms with van der Waals surface area (Å²) in [5, 5.41) is 0.746. The summed E-state index contributed by atoms with van der Waals surface area (Å²) in [7, 11) is 0. The topological polar surface area (TPSA) is 25.8 Å². The van der Waals surface area contributed by atoms with Crippen LogP contribution < -0.4 is 0 Å². The van der Waals surface area contributed by atoms with Gasteiger partial charge in [-0.2, -0.15) is 0 Å². The van der Waals surface area contributed by atoms with Gasteiger partial charge in [0.15, 0.2) is 5.82 Å². The Labute approximate surface area is 146 Å². The molecule has 5 heteroatoms. The fraction of sp³-hybridized carbons (Fsp3) is 0. The Hall–Kier alpha value is -1.17. The highest BCUT2D eigenvalue weighted by Crippen LogP contribution is 2.28. The molecule has 21 heavy (non-hydrogen) atoms. The van der Waals surface area contributed by atoms with Gasteiger partial charge in [-0.1, -0.05) is 77.8 Å². The molecule has 2 aromatic carbocycles. The summed E-state index contributed by atoms with van der Waals surface area (Å²) < 4.78 is 0.667. The minimum atomic E-state index is 0.373. The lowest BCUT2D eigenvalue weighted by atomic mass is 10.0. The van der Waals surface area contributed by atoms with Gasteiger partial charge in [-0.15, -0.1) is 0 Å². The molecule has 2 nitrogen and oxygen atoms in total. The number of hydrogen-bond donors (Lipinski definition) is 0. The Bertz CT molecular complexity index is 751. The van der Waals surface area contributed by atoms with E-state index in [2.05, 4.69) is 22.1 Å². The van der Waals surface area contributed by atoms with Gasteiger partial charge in [-0.05, 0) is 33.7 Å². The molecule has 0 fully saturated rings. The lowest BCUT2D eigenvalue weighted by molar-refractivity contribution is 1.16. The molecule has 0 aliphatic carbocycles.